The third kappa shape index (κ3) is 3.41. The molecule has 0 aromatic heterocycles. The number of likely N-dealkylation sites (N-methyl/N-ethyl adjacent to an activating group) is 1. The second kappa shape index (κ2) is 8.64. The fourth-order valence-electron chi connectivity index (χ4n) is 8.11. The number of carbonyl (C=O) groups excluding carboxylic acids is 2. The lowest BCUT2D eigenvalue weighted by molar-refractivity contribution is -0.143. The van der Waals surface area contributed by atoms with Gasteiger partial charge < -0.3 is 26.2 Å². The fraction of sp³-hybridized carbons (Fsp3) is 0.517. The first-order valence-corrected chi connectivity index (χ1v) is 13.5. The van der Waals surface area contributed by atoms with Gasteiger partial charge in [-0.05, 0) is 64.6 Å². The molecule has 3 fully saturated rings. The molecule has 2 saturated heterocycles. The monoisotopic (exact) mass is 539 g/mol. The number of fused-ring (bicyclic) bond motifs is 5. The van der Waals surface area contributed by atoms with Gasteiger partial charge in [-0.25, -0.2) is 4.39 Å². The Bertz CT molecular complexity index is 1380. The molecule has 0 unspecified atom stereocenters. The number of nitrogens with zero attached hydrogens (tertiary/aromatic N) is 2. The number of Topliss-reactive ketones (excluding diaryl/α,β-unsaturated/α-hetero) is 1. The fourth-order valence-corrected chi connectivity index (χ4v) is 8.11. The molecule has 1 amide bonds. The van der Waals surface area contributed by atoms with Gasteiger partial charge in [0.25, 0.3) is 5.91 Å². The summed E-state index contributed by atoms with van der Waals surface area (Å²) in [6, 6.07) is 1.19. The van der Waals surface area contributed by atoms with Crippen molar-refractivity contribution in [3.05, 3.63) is 57.6 Å². The predicted octanol–water partition coefficient (Wildman–Crippen LogP) is 2.22. The highest BCUT2D eigenvalue weighted by Crippen LogP contribution is 2.54. The number of phenolic OH excluding ortho intramolecular Hbond substituents is 1. The molecule has 6 rings (SSSR count). The van der Waals surface area contributed by atoms with Gasteiger partial charge in [-0.3, -0.25) is 19.4 Å². The lowest BCUT2D eigenvalue weighted by Gasteiger charge is -2.52. The number of primary amides is 1. The lowest BCUT2D eigenvalue weighted by atomic mass is 9.56. The maximum Gasteiger partial charge on any atom is 0.252 e. The molecular weight excluding hydrogens is 505 g/mol. The molecule has 39 heavy (non-hydrogen) atoms. The van der Waals surface area contributed by atoms with Crippen LogP contribution in [0.1, 0.15) is 48.8 Å². The van der Waals surface area contributed by atoms with Crippen molar-refractivity contribution in [2.45, 2.75) is 68.8 Å². The van der Waals surface area contributed by atoms with Crippen molar-refractivity contribution < 1.29 is 34.4 Å². The summed E-state index contributed by atoms with van der Waals surface area (Å²) < 4.78 is 16.0. The first-order chi connectivity index (χ1) is 18.4. The Balaban J connectivity index is 1.45. The van der Waals surface area contributed by atoms with Crippen LogP contribution in [0, 0.1) is 17.7 Å². The van der Waals surface area contributed by atoms with E-state index in [2.05, 4.69) is 11.5 Å². The van der Waals surface area contributed by atoms with E-state index in [9.17, 15) is 30.0 Å². The van der Waals surface area contributed by atoms with E-state index in [1.54, 1.807) is 19.0 Å². The van der Waals surface area contributed by atoms with Crippen LogP contribution >= 0.6 is 0 Å². The van der Waals surface area contributed by atoms with Gasteiger partial charge in [0, 0.05) is 46.8 Å². The molecule has 2 heterocycles. The molecule has 2 aliphatic heterocycles. The van der Waals surface area contributed by atoms with Gasteiger partial charge in [0.1, 0.15) is 23.1 Å². The van der Waals surface area contributed by atoms with Crippen molar-refractivity contribution >= 4 is 17.4 Å². The Hall–Kier alpha value is -3.21. The SMILES string of the molecule is C=C1C(C(N)=O)=C(O)[C@@H](N(C)C)[C@@H]2C[C@@H]3Cc4c(F)c(CN5C6CCC5CC6)cc(O)c4C(O)=C3C(=O)[C@]12O. The van der Waals surface area contributed by atoms with Gasteiger partial charge in [-0.2, -0.15) is 0 Å². The zero-order valence-corrected chi connectivity index (χ0v) is 22.1. The number of carbonyl (C=O) groups is 2. The Labute approximate surface area is 225 Å². The number of aliphatic hydroxyl groups excluding tert-OH is 2. The Morgan fingerprint density at radius 3 is 2.38 bits per heavy atom. The second-order valence-electron chi connectivity index (χ2n) is 12.0. The van der Waals surface area contributed by atoms with Crippen molar-refractivity contribution in [3.8, 4) is 5.75 Å². The number of rotatable bonds is 4. The van der Waals surface area contributed by atoms with Crippen LogP contribution in [-0.2, 0) is 22.6 Å². The van der Waals surface area contributed by atoms with Crippen molar-refractivity contribution in [1.29, 1.82) is 0 Å². The molecule has 208 valence electrons. The molecule has 3 aliphatic carbocycles. The Kier molecular flexibility index (Phi) is 5.77. The van der Waals surface area contributed by atoms with Gasteiger partial charge in [-0.1, -0.05) is 6.58 Å². The van der Waals surface area contributed by atoms with Crippen LogP contribution in [0.3, 0.4) is 0 Å². The van der Waals surface area contributed by atoms with Gasteiger partial charge in [0.2, 0.25) is 0 Å². The Morgan fingerprint density at radius 2 is 1.82 bits per heavy atom. The van der Waals surface area contributed by atoms with Gasteiger partial charge in [-0.15, -0.1) is 0 Å². The van der Waals surface area contributed by atoms with E-state index in [0.29, 0.717) is 24.2 Å². The number of benzene rings is 1. The topological polar surface area (TPSA) is 148 Å². The van der Waals surface area contributed by atoms with Gasteiger partial charge in [0.05, 0.1) is 17.2 Å². The summed E-state index contributed by atoms with van der Waals surface area (Å²) >= 11 is 0. The summed E-state index contributed by atoms with van der Waals surface area (Å²) in [6.07, 6.45) is 4.44. The molecular formula is C29H34FN3O6. The third-order valence-corrected chi connectivity index (χ3v) is 9.87. The van der Waals surface area contributed by atoms with Crippen molar-refractivity contribution in [3.63, 3.8) is 0 Å². The first-order valence-electron chi connectivity index (χ1n) is 13.5. The van der Waals surface area contributed by atoms with Crippen LogP contribution in [0.4, 0.5) is 4.39 Å². The highest BCUT2D eigenvalue weighted by molar-refractivity contribution is 6.13. The summed E-state index contributed by atoms with van der Waals surface area (Å²) in [5.41, 5.74) is 2.57. The zero-order valence-electron chi connectivity index (χ0n) is 22.1. The number of nitrogens with two attached hydrogens (primary N) is 1. The molecule has 6 N–H and O–H groups in total. The zero-order chi connectivity index (χ0) is 28.1. The average molecular weight is 540 g/mol. The van der Waals surface area contributed by atoms with Crippen LogP contribution in [0.25, 0.3) is 5.76 Å². The minimum atomic E-state index is -2.34. The summed E-state index contributed by atoms with van der Waals surface area (Å²) in [6.45, 7) is 4.12. The van der Waals surface area contributed by atoms with Crippen LogP contribution in [0.2, 0.25) is 0 Å². The van der Waals surface area contributed by atoms with Crippen LogP contribution in [0.15, 0.2) is 35.1 Å². The summed E-state index contributed by atoms with van der Waals surface area (Å²) in [4.78, 5) is 30.1. The van der Waals surface area contributed by atoms with Crippen LogP contribution in [-0.4, -0.2) is 79.7 Å². The summed E-state index contributed by atoms with van der Waals surface area (Å²) in [5, 5.41) is 45.1. The van der Waals surface area contributed by atoms with E-state index in [1.165, 1.54) is 6.07 Å². The molecule has 0 radical (unpaired) electrons. The van der Waals surface area contributed by atoms with E-state index in [1.807, 2.05) is 0 Å². The average Bonchev–Trinajstić information content (AvgIpc) is 3.43. The quantitative estimate of drug-likeness (QED) is 0.391. The van der Waals surface area contributed by atoms with Gasteiger partial charge in [0.15, 0.2) is 11.4 Å². The standard InChI is InChI=1S/C29H34FN3O6/c1-12-20(28(31)38)26(36)24(32(2)3)18-9-13-8-17-22(25(35)21(13)27(37)29(12,18)39)19(34)10-14(23(17)30)11-33-15-4-5-16(33)7-6-15/h10,13,15-16,18,24,34-36,39H,1,4-9,11H2,2-3H3,(H2,31,38)/t13-,15?,16?,18-,24-,29-/m0/s1. The molecule has 1 aromatic carbocycles. The molecule has 10 heteroatoms. The molecule has 1 saturated carbocycles. The predicted molar refractivity (Wildman–Crippen MR) is 140 cm³/mol. The number of halogens is 1. The van der Waals surface area contributed by atoms with Crippen molar-refractivity contribution in [2.75, 3.05) is 14.1 Å². The second-order valence-corrected chi connectivity index (χ2v) is 12.0. The number of hydrogen-bond acceptors (Lipinski definition) is 8. The number of amides is 1. The number of ketones is 1. The molecule has 0 spiro atoms. The van der Waals surface area contributed by atoms with E-state index in [4.69, 9.17) is 5.73 Å². The summed E-state index contributed by atoms with van der Waals surface area (Å²) in [7, 11) is 3.26. The molecule has 5 aliphatic rings. The highest BCUT2D eigenvalue weighted by Gasteiger charge is 2.62. The summed E-state index contributed by atoms with van der Waals surface area (Å²) in [5.74, 6) is -5.40. The molecule has 1 aromatic rings. The smallest absolute Gasteiger partial charge is 0.252 e. The third-order valence-electron chi connectivity index (χ3n) is 9.87. The van der Waals surface area contributed by atoms with Crippen molar-refractivity contribution in [2.24, 2.45) is 17.6 Å². The van der Waals surface area contributed by atoms with Gasteiger partial charge >= 0.3 is 0 Å². The first kappa shape index (κ1) is 26.0. The van der Waals surface area contributed by atoms with Crippen molar-refractivity contribution in [1.82, 2.24) is 9.80 Å². The number of hydrogen-bond donors (Lipinski definition) is 5. The largest absolute Gasteiger partial charge is 0.510 e. The maximum absolute atomic E-state index is 16.0. The van der Waals surface area contributed by atoms with E-state index >= 15 is 4.39 Å². The van der Waals surface area contributed by atoms with E-state index in [0.717, 1.165) is 25.7 Å². The van der Waals surface area contributed by atoms with Crippen LogP contribution in [0.5, 0.6) is 5.75 Å². The van der Waals surface area contributed by atoms with E-state index < -0.39 is 52.3 Å². The number of aliphatic hydroxyl groups is 3. The maximum atomic E-state index is 16.0. The molecule has 2 bridgehead atoms. The van der Waals surface area contributed by atoms with E-state index in [-0.39, 0.29) is 46.6 Å². The molecule has 4 atom stereocenters. The normalized spacial score (nSPS) is 34.0. The molecule has 9 nitrogen and oxygen atoms in total. The highest BCUT2D eigenvalue weighted by atomic mass is 19.1. The number of aromatic hydroxyl groups is 1. The Morgan fingerprint density at radius 1 is 1.21 bits per heavy atom. The lowest BCUT2D eigenvalue weighted by Crippen LogP contribution is -2.63. The van der Waals surface area contributed by atoms with Crippen LogP contribution < -0.4 is 5.73 Å². The minimum Gasteiger partial charge on any atom is -0.510 e. The number of phenols is 1. The minimum absolute atomic E-state index is 0.0207.